The number of thiazole rings is 2. The predicted molar refractivity (Wildman–Crippen MR) is 304 cm³/mol. The molecule has 0 bridgehead atoms. The Morgan fingerprint density at radius 2 is 1.17 bits per heavy atom. The van der Waals surface area contributed by atoms with E-state index in [4.69, 9.17) is 24.9 Å². The summed E-state index contributed by atoms with van der Waals surface area (Å²) in [6.45, 7) is 16.8. The van der Waals surface area contributed by atoms with Crippen molar-refractivity contribution in [2.75, 3.05) is 92.7 Å². The lowest BCUT2D eigenvalue weighted by atomic mass is 9.72. The van der Waals surface area contributed by atoms with E-state index in [0.717, 1.165) is 134 Å². The first-order valence-electron chi connectivity index (χ1n) is 26.2. The maximum absolute atomic E-state index is 13.5. The van der Waals surface area contributed by atoms with Gasteiger partial charge in [-0.1, -0.05) is 43.9 Å². The van der Waals surface area contributed by atoms with Gasteiger partial charge in [-0.25, -0.2) is 27.8 Å². The first-order valence-corrected chi connectivity index (χ1v) is 27.8. The molecule has 1 atom stereocenters. The van der Waals surface area contributed by atoms with Crippen molar-refractivity contribution in [2.45, 2.75) is 66.9 Å². The molecule has 5 fully saturated rings. The summed E-state index contributed by atoms with van der Waals surface area (Å²) >= 11 is 2.66. The van der Waals surface area contributed by atoms with Gasteiger partial charge in [0.05, 0.1) is 33.8 Å². The van der Waals surface area contributed by atoms with Crippen molar-refractivity contribution in [3.05, 3.63) is 117 Å². The molecular weight excluding hydrogens is 1030 g/mol. The van der Waals surface area contributed by atoms with Crippen LogP contribution in [0.15, 0.2) is 72.8 Å². The number of carbonyl (C=O) groups excluding carboxylic acids is 1. The number of rotatable bonds is 11. The molecule has 1 amide bonds. The lowest BCUT2D eigenvalue weighted by Gasteiger charge is -2.61. The van der Waals surface area contributed by atoms with Gasteiger partial charge in [-0.05, 0) is 112 Å². The maximum Gasteiger partial charge on any atom is 0.251 e. The summed E-state index contributed by atoms with van der Waals surface area (Å²) in [6, 6.07) is 25.5. The predicted octanol–water partition coefficient (Wildman–Crippen LogP) is 10.1. The first-order chi connectivity index (χ1) is 37.2. The number of amides is 1. The van der Waals surface area contributed by atoms with Gasteiger partial charge in [-0.2, -0.15) is 20.7 Å². The average Bonchev–Trinajstić information content (AvgIpc) is 4.26. The van der Waals surface area contributed by atoms with E-state index in [0.29, 0.717) is 49.0 Å². The van der Waals surface area contributed by atoms with Crippen LogP contribution >= 0.6 is 22.7 Å². The van der Waals surface area contributed by atoms with Crippen molar-refractivity contribution in [3.63, 3.8) is 0 Å². The highest BCUT2D eigenvalue weighted by molar-refractivity contribution is 7.17. The van der Waals surface area contributed by atoms with Crippen LogP contribution in [-0.2, 0) is 22.4 Å². The maximum atomic E-state index is 13.5. The highest BCUT2D eigenvalue weighted by Gasteiger charge is 2.54. The zero-order valence-electron chi connectivity index (χ0n) is 43.9. The van der Waals surface area contributed by atoms with Crippen molar-refractivity contribution in [2.24, 2.45) is 10.8 Å². The third-order valence-corrected chi connectivity index (χ3v) is 17.9. The second-order valence-corrected chi connectivity index (χ2v) is 23.3. The molecule has 0 aliphatic carbocycles. The van der Waals surface area contributed by atoms with Gasteiger partial charge in [-0.15, -0.1) is 0 Å². The van der Waals surface area contributed by atoms with Gasteiger partial charge in [0.1, 0.15) is 51.0 Å². The standard InChI is InChI=1S/C31H32FN7O2S.C26H26FN7S.CH4/c1-4-23-28(36(3)30-34-27(26(14-33)42-30)20-7-9-21(32)10-8-20)24-13-22(12-19(2)39(24)35-23)37-15-31(16-37)17-38(18-31)29(40)25-6-5-11-41-25;1-4-20-24(32(3)25-30-23(22(11-28)35-25)17-5-7-18(27)8-6-17)21-10-19(9-16(2)34(21)31-20)33-14-26(15-33)12-29-13-26;/h7-10,12-13,25H,4-6,11,15-18H2,1-3H3;5-10,29H,4,12-15H2,1-3H3;1H4. The van der Waals surface area contributed by atoms with Gasteiger partial charge in [-0.3, -0.25) is 4.79 Å². The van der Waals surface area contributed by atoms with Crippen molar-refractivity contribution in [1.82, 2.24) is 39.4 Å². The average molecular weight is 1090 g/mol. The normalized spacial score (nSPS) is 17.6. The first kappa shape index (κ1) is 52.6. The molecule has 2 aromatic carbocycles. The van der Waals surface area contributed by atoms with Crippen molar-refractivity contribution in [3.8, 4) is 34.7 Å². The van der Waals surface area contributed by atoms with Gasteiger partial charge < -0.3 is 34.6 Å². The Morgan fingerprint density at radius 1 is 0.718 bits per heavy atom. The van der Waals surface area contributed by atoms with E-state index in [1.807, 2.05) is 37.8 Å². The number of aryl methyl sites for hydroxylation is 4. The number of ether oxygens (including phenoxy) is 1. The van der Waals surface area contributed by atoms with E-state index in [2.05, 4.69) is 79.2 Å². The van der Waals surface area contributed by atoms with Crippen molar-refractivity contribution in [1.29, 1.82) is 10.5 Å². The molecule has 1 unspecified atom stereocenters. The van der Waals surface area contributed by atoms with Crippen LogP contribution in [0.3, 0.4) is 0 Å². The molecule has 13 rings (SSSR count). The molecule has 0 saturated carbocycles. The lowest BCUT2D eigenvalue weighted by Crippen LogP contribution is -2.73. The van der Waals surface area contributed by atoms with Crippen molar-refractivity contribution < 1.29 is 18.3 Å². The number of pyridine rings is 2. The zero-order valence-corrected chi connectivity index (χ0v) is 45.5. The molecule has 20 heteroatoms. The molecule has 0 radical (unpaired) electrons. The molecule has 1 N–H and O–H groups in total. The number of aromatic nitrogens is 6. The fourth-order valence-electron chi connectivity index (χ4n) is 11.8. The number of carbonyl (C=O) groups is 1. The summed E-state index contributed by atoms with van der Waals surface area (Å²) in [7, 11) is 3.94. The van der Waals surface area contributed by atoms with E-state index in [9.17, 15) is 24.1 Å². The van der Waals surface area contributed by atoms with Crippen LogP contribution < -0.4 is 24.9 Å². The lowest BCUT2D eigenvalue weighted by molar-refractivity contribution is -0.155. The largest absolute Gasteiger partial charge is 0.370 e. The number of hydrogen-bond donors (Lipinski definition) is 1. The van der Waals surface area contributed by atoms with Crippen LogP contribution in [0, 0.1) is 59.0 Å². The zero-order chi connectivity index (χ0) is 53.5. The van der Waals surface area contributed by atoms with Crippen LogP contribution in [0.2, 0.25) is 0 Å². The Bertz CT molecular complexity index is 3670. The molecule has 11 heterocycles. The van der Waals surface area contributed by atoms with Crippen LogP contribution in [0.5, 0.6) is 0 Å². The number of benzene rings is 2. The minimum absolute atomic E-state index is 0. The van der Waals surface area contributed by atoms with Gasteiger partial charge in [0.15, 0.2) is 10.3 Å². The second-order valence-electron chi connectivity index (χ2n) is 21.3. The second kappa shape index (κ2) is 20.4. The fraction of sp³-hybridized carbons (Fsp3) is 0.397. The molecule has 8 aromatic rings. The molecule has 2 spiro atoms. The smallest absolute Gasteiger partial charge is 0.251 e. The summed E-state index contributed by atoms with van der Waals surface area (Å²) in [5, 5.41) is 34.2. The number of nitriles is 2. The molecule has 16 nitrogen and oxygen atoms in total. The van der Waals surface area contributed by atoms with Crippen molar-refractivity contribution >= 4 is 72.6 Å². The molecule has 5 saturated heterocycles. The monoisotopic (exact) mass is 1090 g/mol. The Morgan fingerprint density at radius 3 is 1.55 bits per heavy atom. The Balaban J connectivity index is 0.000000166. The van der Waals surface area contributed by atoms with Crippen LogP contribution in [-0.4, -0.2) is 119 Å². The van der Waals surface area contributed by atoms with Gasteiger partial charge in [0, 0.05) is 118 Å². The molecule has 402 valence electrons. The summed E-state index contributed by atoms with van der Waals surface area (Å²) < 4.78 is 36.6. The topological polar surface area (TPSA) is 162 Å². The third kappa shape index (κ3) is 9.07. The molecule has 5 aliphatic heterocycles. The molecule has 6 aromatic heterocycles. The summed E-state index contributed by atoms with van der Waals surface area (Å²) in [6.07, 6.45) is 3.06. The number of fused-ring (bicyclic) bond motifs is 2. The van der Waals surface area contributed by atoms with E-state index in [1.165, 1.54) is 52.6 Å². The quantitative estimate of drug-likeness (QED) is 0.130. The van der Waals surface area contributed by atoms with E-state index < -0.39 is 0 Å². The Hall–Kier alpha value is -7.49. The molecular formula is C58H62F2N14O2S2. The van der Waals surface area contributed by atoms with E-state index >= 15 is 0 Å². The van der Waals surface area contributed by atoms with Gasteiger partial charge in [0.25, 0.3) is 5.91 Å². The van der Waals surface area contributed by atoms with Crippen LogP contribution in [0.4, 0.5) is 41.8 Å². The fourth-order valence-corrected chi connectivity index (χ4v) is 13.5. The van der Waals surface area contributed by atoms with E-state index in [1.54, 1.807) is 24.3 Å². The highest BCUT2D eigenvalue weighted by Crippen LogP contribution is 2.46. The highest BCUT2D eigenvalue weighted by atomic mass is 32.1. The number of hydrogen-bond acceptors (Lipinski definition) is 15. The number of halogens is 2. The minimum Gasteiger partial charge on any atom is -0.370 e. The number of anilines is 6. The summed E-state index contributed by atoms with van der Waals surface area (Å²) in [5.74, 6) is -0.492. The van der Waals surface area contributed by atoms with Crippen LogP contribution in [0.1, 0.15) is 66.6 Å². The summed E-state index contributed by atoms with van der Waals surface area (Å²) in [4.78, 5) is 34.2. The number of likely N-dealkylation sites (tertiary alicyclic amines) is 1. The van der Waals surface area contributed by atoms with Gasteiger partial charge >= 0.3 is 0 Å². The molecule has 78 heavy (non-hydrogen) atoms. The van der Waals surface area contributed by atoms with E-state index in [-0.39, 0.29) is 36.5 Å². The SMILES string of the molecule is C.CCc1nn2c(C)cc(N3CC4(CN(C(=O)C5CCCO5)C4)C3)cc2c1N(C)c1nc(-c2ccc(F)cc2)c(C#N)s1.CCc1nn2c(C)cc(N3CC4(CNC4)C3)cc2c1N(C)c1nc(-c2ccc(F)cc2)c(C#N)s1. The van der Waals surface area contributed by atoms with Crippen LogP contribution in [0.25, 0.3) is 33.5 Å². The third-order valence-electron chi connectivity index (χ3n) is 15.9. The van der Waals surface area contributed by atoms with Gasteiger partial charge in [0.2, 0.25) is 0 Å². The number of nitrogens with zero attached hydrogens (tertiary/aromatic N) is 13. The number of nitrogens with one attached hydrogen (secondary N) is 1. The Labute approximate surface area is 460 Å². The molecule has 5 aliphatic rings. The summed E-state index contributed by atoms with van der Waals surface area (Å²) in [5.41, 5.74) is 13.5. The minimum atomic E-state index is -0.329. The Kier molecular flexibility index (Phi) is 13.7.